The van der Waals surface area contributed by atoms with Gasteiger partial charge in [-0.15, -0.1) is 0 Å². The maximum Gasteiger partial charge on any atom is 0.416 e. The molecule has 0 aliphatic rings. The van der Waals surface area contributed by atoms with Crippen LogP contribution >= 0.6 is 0 Å². The molecule has 0 spiro atoms. The number of methoxy groups -OCH3 is 1. The summed E-state index contributed by atoms with van der Waals surface area (Å²) >= 11 is 0. The summed E-state index contributed by atoms with van der Waals surface area (Å²) in [5, 5.41) is 1.27. The molecule has 0 N–H and O–H groups in total. The Morgan fingerprint density at radius 2 is 1.27 bits per heavy atom. The molecule has 37 heavy (non-hydrogen) atoms. The van der Waals surface area contributed by atoms with E-state index in [2.05, 4.69) is 0 Å². The predicted octanol–water partition coefficient (Wildman–Crippen LogP) is 8.29. The van der Waals surface area contributed by atoms with Gasteiger partial charge >= 0.3 is 6.18 Å². The van der Waals surface area contributed by atoms with Gasteiger partial charge in [-0.05, 0) is 89.9 Å². The van der Waals surface area contributed by atoms with E-state index < -0.39 is 11.7 Å². The maximum atomic E-state index is 15.2. The normalized spacial score (nSPS) is 11.8. The molecule has 1 nitrogen and oxygen atoms in total. The van der Waals surface area contributed by atoms with Gasteiger partial charge in [-0.25, -0.2) is 8.78 Å². The highest BCUT2D eigenvalue weighted by Gasteiger charge is 2.29. The van der Waals surface area contributed by atoms with E-state index in [1.165, 1.54) is 12.1 Å². The molecule has 0 aromatic heterocycles. The van der Waals surface area contributed by atoms with E-state index in [-0.39, 0.29) is 11.6 Å². The predicted molar refractivity (Wildman–Crippen MR) is 137 cm³/mol. The summed E-state index contributed by atoms with van der Waals surface area (Å²) in [7, 11) is 1.65. The van der Waals surface area contributed by atoms with Crippen LogP contribution in [0.2, 0.25) is 0 Å². The van der Waals surface area contributed by atoms with Gasteiger partial charge in [-0.3, -0.25) is 0 Å². The molecular weight excluding hydrogens is 483 g/mol. The minimum absolute atomic E-state index is 0.209. The van der Waals surface area contributed by atoms with Gasteiger partial charge in [0.25, 0.3) is 0 Å². The Kier molecular flexibility index (Phi) is 8.59. The van der Waals surface area contributed by atoms with Crippen LogP contribution in [0.5, 0.6) is 0 Å². The molecule has 6 heteroatoms. The van der Waals surface area contributed by atoms with Crippen molar-refractivity contribution < 1.29 is 26.7 Å². The number of alkyl halides is 3. The van der Waals surface area contributed by atoms with Crippen LogP contribution in [0.25, 0.3) is 10.8 Å². The first-order valence-electron chi connectivity index (χ1n) is 12.4. The highest BCUT2D eigenvalue weighted by atomic mass is 19.4. The van der Waals surface area contributed by atoms with Crippen molar-refractivity contribution in [3.63, 3.8) is 0 Å². The number of aryl methyl sites for hydroxylation is 5. The number of benzene rings is 4. The van der Waals surface area contributed by atoms with Gasteiger partial charge in [0.05, 0.1) is 5.56 Å². The molecule has 0 bridgehead atoms. The van der Waals surface area contributed by atoms with Crippen molar-refractivity contribution in [3.8, 4) is 0 Å². The highest BCUT2D eigenvalue weighted by Crippen LogP contribution is 2.29. The Bertz CT molecular complexity index is 1340. The molecule has 0 radical (unpaired) electrons. The first-order chi connectivity index (χ1) is 17.7. The fourth-order valence-electron chi connectivity index (χ4n) is 4.52. The lowest BCUT2D eigenvalue weighted by Crippen LogP contribution is -2.04. The highest BCUT2D eigenvalue weighted by molar-refractivity contribution is 5.84. The van der Waals surface area contributed by atoms with Crippen LogP contribution in [0.3, 0.4) is 0 Å². The Morgan fingerprint density at radius 3 is 1.97 bits per heavy atom. The monoisotopic (exact) mass is 512 g/mol. The molecule has 0 aliphatic heterocycles. The van der Waals surface area contributed by atoms with Crippen molar-refractivity contribution >= 4 is 10.8 Å². The molecule has 4 aromatic rings. The van der Waals surface area contributed by atoms with E-state index in [1.54, 1.807) is 25.3 Å². The molecule has 0 saturated heterocycles. The molecule has 0 atom stereocenters. The topological polar surface area (TPSA) is 9.23 Å². The Labute approximate surface area is 213 Å². The lowest BCUT2D eigenvalue weighted by Gasteiger charge is -2.10. The fourth-order valence-corrected chi connectivity index (χ4v) is 4.52. The third-order valence-corrected chi connectivity index (χ3v) is 6.68. The van der Waals surface area contributed by atoms with Crippen LogP contribution < -0.4 is 0 Å². The Hall–Kier alpha value is -3.25. The molecule has 0 fully saturated rings. The van der Waals surface area contributed by atoms with E-state index >= 15 is 4.39 Å². The fraction of sp³-hybridized carbons (Fsp3) is 0.290. The second kappa shape index (κ2) is 11.9. The number of fused-ring (bicyclic) bond motifs is 1. The summed E-state index contributed by atoms with van der Waals surface area (Å²) in [6.07, 6.45) is -0.750. The first-order valence-corrected chi connectivity index (χ1v) is 12.4. The molecule has 4 rings (SSSR count). The quantitative estimate of drug-likeness (QED) is 0.153. The second-order valence-electron chi connectivity index (χ2n) is 9.31. The average Bonchev–Trinajstić information content (AvgIpc) is 2.88. The lowest BCUT2D eigenvalue weighted by molar-refractivity contribution is -0.137. The molecule has 0 aliphatic carbocycles. The summed E-state index contributed by atoms with van der Waals surface area (Å²) in [5.74, 6) is -0.523. The number of hydrogen-bond donors (Lipinski definition) is 0. The van der Waals surface area contributed by atoms with Crippen LogP contribution in [0.4, 0.5) is 22.0 Å². The Balaban J connectivity index is 1.39. The van der Waals surface area contributed by atoms with Gasteiger partial charge in [-0.2, -0.15) is 13.2 Å². The molecule has 0 amide bonds. The van der Waals surface area contributed by atoms with E-state index in [9.17, 15) is 17.6 Å². The number of rotatable bonds is 10. The van der Waals surface area contributed by atoms with Crippen molar-refractivity contribution in [2.75, 3.05) is 13.7 Å². The van der Waals surface area contributed by atoms with Gasteiger partial charge in [0.1, 0.15) is 11.6 Å². The third kappa shape index (κ3) is 6.95. The number of halogens is 5. The lowest BCUT2D eigenvalue weighted by atomic mass is 9.96. The summed E-state index contributed by atoms with van der Waals surface area (Å²) in [4.78, 5) is 0. The standard InChI is InChI=1S/C31H29F5O/c1-37-18-2-3-22-5-10-24(29(32)20-22)11-6-23-9-17-28-26(19-23)14-13-25(30(28)33)12-4-21-7-15-27(16-8-21)31(34,35)36/h5,7-10,13-17,19-20H,2-4,6,11-12,18H2,1H3. The van der Waals surface area contributed by atoms with Crippen molar-refractivity contribution in [2.24, 2.45) is 0 Å². The zero-order chi connectivity index (χ0) is 26.4. The number of ether oxygens (including phenoxy) is 1. The van der Waals surface area contributed by atoms with E-state index in [4.69, 9.17) is 4.74 Å². The van der Waals surface area contributed by atoms with Crippen LogP contribution in [0.15, 0.2) is 72.8 Å². The summed E-state index contributed by atoms with van der Waals surface area (Å²) in [5.41, 5.74) is 3.15. The van der Waals surface area contributed by atoms with Crippen molar-refractivity contribution in [3.05, 3.63) is 118 Å². The smallest absolute Gasteiger partial charge is 0.385 e. The zero-order valence-corrected chi connectivity index (χ0v) is 20.7. The van der Waals surface area contributed by atoms with Crippen LogP contribution in [-0.2, 0) is 43.0 Å². The van der Waals surface area contributed by atoms with Crippen LogP contribution in [-0.4, -0.2) is 13.7 Å². The maximum absolute atomic E-state index is 15.2. The van der Waals surface area contributed by atoms with Gasteiger partial charge in [0.15, 0.2) is 0 Å². The molecule has 4 aromatic carbocycles. The largest absolute Gasteiger partial charge is 0.416 e. The molecule has 194 valence electrons. The minimum atomic E-state index is -4.37. The molecular formula is C31H29F5O. The molecule has 0 unspecified atom stereocenters. The van der Waals surface area contributed by atoms with Gasteiger partial charge < -0.3 is 4.74 Å². The second-order valence-corrected chi connectivity index (χ2v) is 9.31. The van der Waals surface area contributed by atoms with Gasteiger partial charge in [-0.1, -0.05) is 54.6 Å². The minimum Gasteiger partial charge on any atom is -0.385 e. The molecule has 0 heterocycles. The Morgan fingerprint density at radius 1 is 0.649 bits per heavy atom. The van der Waals surface area contributed by atoms with E-state index in [1.807, 2.05) is 30.3 Å². The number of hydrogen-bond acceptors (Lipinski definition) is 1. The van der Waals surface area contributed by atoms with E-state index in [0.717, 1.165) is 47.1 Å². The van der Waals surface area contributed by atoms with Crippen LogP contribution in [0.1, 0.15) is 39.8 Å². The van der Waals surface area contributed by atoms with Crippen molar-refractivity contribution in [1.29, 1.82) is 0 Å². The summed E-state index contributed by atoms with van der Waals surface area (Å²) < 4.78 is 73.0. The average molecular weight is 513 g/mol. The van der Waals surface area contributed by atoms with Gasteiger partial charge in [0.2, 0.25) is 0 Å². The molecule has 0 saturated carbocycles. The zero-order valence-electron chi connectivity index (χ0n) is 20.7. The first kappa shape index (κ1) is 26.8. The van der Waals surface area contributed by atoms with Gasteiger partial charge in [0, 0.05) is 19.1 Å². The third-order valence-electron chi connectivity index (χ3n) is 6.68. The van der Waals surface area contributed by atoms with Crippen molar-refractivity contribution in [2.45, 2.75) is 44.7 Å². The SMILES string of the molecule is COCCCc1ccc(CCc2ccc3c(F)c(CCc4ccc(C(F)(F)F)cc4)ccc3c2)c(F)c1. The van der Waals surface area contributed by atoms with Crippen molar-refractivity contribution in [1.82, 2.24) is 0 Å². The van der Waals surface area contributed by atoms with E-state index in [0.29, 0.717) is 48.8 Å². The summed E-state index contributed by atoms with van der Waals surface area (Å²) in [6.45, 7) is 0.645. The summed E-state index contributed by atoms with van der Waals surface area (Å²) in [6, 6.07) is 19.5. The van der Waals surface area contributed by atoms with Crippen LogP contribution in [0, 0.1) is 11.6 Å².